The summed E-state index contributed by atoms with van der Waals surface area (Å²) in [4.78, 5) is 12.5. The fourth-order valence-corrected chi connectivity index (χ4v) is 4.34. The van der Waals surface area contributed by atoms with Crippen LogP contribution in [0.1, 0.15) is 45.8 Å². The van der Waals surface area contributed by atoms with Gasteiger partial charge < -0.3 is 19.2 Å². The van der Waals surface area contributed by atoms with Gasteiger partial charge in [-0.15, -0.1) is 0 Å². The highest BCUT2D eigenvalue weighted by Crippen LogP contribution is 2.41. The molecule has 6 heteroatoms. The summed E-state index contributed by atoms with van der Waals surface area (Å²) < 4.78 is 17.4. The molecular formula is C25H37NO4Si. The highest BCUT2D eigenvalue weighted by Gasteiger charge is 2.41. The first-order valence-corrected chi connectivity index (χ1v) is 13.8. The highest BCUT2D eigenvalue weighted by atomic mass is 28.4. The van der Waals surface area contributed by atoms with Crippen molar-refractivity contribution in [3.63, 3.8) is 0 Å². The maximum Gasteiger partial charge on any atom is 0.307 e. The molecule has 5 nitrogen and oxygen atoms in total. The van der Waals surface area contributed by atoms with Crippen LogP contribution in [-0.4, -0.2) is 34.0 Å². The van der Waals surface area contributed by atoms with Crippen LogP contribution < -0.4 is 10.1 Å². The predicted octanol–water partition coefficient (Wildman–Crippen LogP) is 6.19. The van der Waals surface area contributed by atoms with Gasteiger partial charge >= 0.3 is 5.97 Å². The SMILES string of the molecule is CCOC(=O)C[C@@H](Nc1ccc(OC)cc1)[C@@H](O[Si](C)(C)C(C)(C)C)c1ccccc1. The molecule has 0 aliphatic rings. The van der Waals surface area contributed by atoms with Gasteiger partial charge in [0.2, 0.25) is 0 Å². The molecule has 0 bridgehead atoms. The van der Waals surface area contributed by atoms with Crippen LogP contribution in [0.15, 0.2) is 54.6 Å². The zero-order valence-electron chi connectivity index (χ0n) is 19.9. The van der Waals surface area contributed by atoms with Crippen molar-refractivity contribution in [3.8, 4) is 5.75 Å². The standard InChI is InChI=1S/C25H37NO4Si/c1-8-29-23(27)18-22(26-20-14-16-21(28-5)17-15-20)24(19-12-10-9-11-13-19)30-31(6,7)25(2,3)4/h9-17,22,24,26H,8,18H2,1-7H3/t22-,24+/m1/s1. The molecule has 0 aliphatic carbocycles. The van der Waals surface area contributed by atoms with Crippen molar-refractivity contribution >= 4 is 20.0 Å². The topological polar surface area (TPSA) is 56.8 Å². The van der Waals surface area contributed by atoms with E-state index in [4.69, 9.17) is 13.9 Å². The van der Waals surface area contributed by atoms with E-state index in [2.05, 4.69) is 51.3 Å². The number of esters is 1. The zero-order chi connectivity index (χ0) is 23.1. The second-order valence-electron chi connectivity index (χ2n) is 9.20. The molecule has 0 fully saturated rings. The Morgan fingerprint density at radius 3 is 2.16 bits per heavy atom. The van der Waals surface area contributed by atoms with Gasteiger partial charge in [0, 0.05) is 5.69 Å². The lowest BCUT2D eigenvalue weighted by Gasteiger charge is -2.42. The van der Waals surface area contributed by atoms with Crippen LogP contribution in [0.4, 0.5) is 5.69 Å². The number of carbonyl (C=O) groups is 1. The molecular weight excluding hydrogens is 406 g/mol. The summed E-state index contributed by atoms with van der Waals surface area (Å²) in [6.45, 7) is 13.3. The van der Waals surface area contributed by atoms with Crippen LogP contribution in [0, 0.1) is 0 Å². The van der Waals surface area contributed by atoms with E-state index < -0.39 is 8.32 Å². The Bertz CT molecular complexity index is 816. The maximum absolute atomic E-state index is 12.5. The maximum atomic E-state index is 12.5. The molecule has 2 atom stereocenters. The number of anilines is 1. The molecule has 0 aliphatic heterocycles. The van der Waals surface area contributed by atoms with E-state index in [1.54, 1.807) is 7.11 Å². The second kappa shape index (κ2) is 10.8. The van der Waals surface area contributed by atoms with Gasteiger partial charge in [0.05, 0.1) is 32.3 Å². The Morgan fingerprint density at radius 2 is 1.65 bits per heavy atom. The summed E-state index contributed by atoms with van der Waals surface area (Å²) in [6, 6.07) is 17.5. The molecule has 0 unspecified atom stereocenters. The third-order valence-corrected chi connectivity index (χ3v) is 10.3. The second-order valence-corrected chi connectivity index (χ2v) is 14.0. The minimum Gasteiger partial charge on any atom is -0.497 e. The summed E-state index contributed by atoms with van der Waals surface area (Å²) >= 11 is 0. The first kappa shape index (κ1) is 25.0. The number of carbonyl (C=O) groups excluding carboxylic acids is 1. The van der Waals surface area contributed by atoms with Gasteiger partial charge in [-0.05, 0) is 54.9 Å². The number of hydrogen-bond donors (Lipinski definition) is 1. The van der Waals surface area contributed by atoms with Crippen LogP contribution >= 0.6 is 0 Å². The molecule has 0 saturated heterocycles. The first-order valence-electron chi connectivity index (χ1n) is 10.9. The number of nitrogens with one attached hydrogen (secondary N) is 1. The first-order chi connectivity index (χ1) is 14.6. The lowest BCUT2D eigenvalue weighted by Crippen LogP contribution is -2.45. The quantitative estimate of drug-likeness (QED) is 0.350. The minimum atomic E-state index is -2.13. The average Bonchev–Trinajstić information content (AvgIpc) is 2.72. The van der Waals surface area contributed by atoms with Gasteiger partial charge in [-0.25, -0.2) is 0 Å². The van der Waals surface area contributed by atoms with Gasteiger partial charge in [0.25, 0.3) is 0 Å². The highest BCUT2D eigenvalue weighted by molar-refractivity contribution is 6.74. The number of methoxy groups -OCH3 is 1. The van der Waals surface area contributed by atoms with Crippen molar-refractivity contribution in [2.45, 2.75) is 64.4 Å². The van der Waals surface area contributed by atoms with E-state index in [1.165, 1.54) is 0 Å². The normalized spacial score (nSPS) is 13.9. The average molecular weight is 444 g/mol. The van der Waals surface area contributed by atoms with Gasteiger partial charge in [-0.3, -0.25) is 4.79 Å². The molecule has 0 amide bonds. The van der Waals surface area contributed by atoms with Crippen molar-refractivity contribution in [2.75, 3.05) is 19.0 Å². The molecule has 0 saturated carbocycles. The summed E-state index contributed by atoms with van der Waals surface area (Å²) in [5.41, 5.74) is 1.94. The molecule has 31 heavy (non-hydrogen) atoms. The Balaban J connectivity index is 2.43. The van der Waals surface area contributed by atoms with Crippen molar-refractivity contribution in [2.24, 2.45) is 0 Å². The third-order valence-electron chi connectivity index (χ3n) is 5.86. The Hall–Kier alpha value is -2.31. The number of hydrogen-bond acceptors (Lipinski definition) is 5. The van der Waals surface area contributed by atoms with Gasteiger partial charge in [-0.1, -0.05) is 51.1 Å². The molecule has 0 heterocycles. The number of benzene rings is 2. The lowest BCUT2D eigenvalue weighted by molar-refractivity contribution is -0.143. The summed E-state index contributed by atoms with van der Waals surface area (Å²) in [7, 11) is -0.484. The molecule has 2 rings (SSSR count). The van der Waals surface area contributed by atoms with E-state index >= 15 is 0 Å². The van der Waals surface area contributed by atoms with Crippen LogP contribution in [0.2, 0.25) is 18.1 Å². The summed E-state index contributed by atoms with van der Waals surface area (Å²) in [6.07, 6.45) is -0.0952. The van der Waals surface area contributed by atoms with Crippen molar-refractivity contribution < 1.29 is 18.7 Å². The molecule has 0 radical (unpaired) electrons. The Kier molecular flexibility index (Phi) is 8.71. The Labute approximate surface area is 188 Å². The van der Waals surface area contributed by atoms with E-state index in [0.717, 1.165) is 17.0 Å². The zero-order valence-corrected chi connectivity index (χ0v) is 20.9. The largest absolute Gasteiger partial charge is 0.497 e. The molecule has 0 spiro atoms. The molecule has 170 valence electrons. The van der Waals surface area contributed by atoms with Gasteiger partial charge in [-0.2, -0.15) is 0 Å². The van der Waals surface area contributed by atoms with Crippen LogP contribution in [-0.2, 0) is 14.0 Å². The van der Waals surface area contributed by atoms with Crippen molar-refractivity contribution in [3.05, 3.63) is 60.2 Å². The summed E-state index contributed by atoms with van der Waals surface area (Å²) in [5, 5.41) is 3.57. The smallest absolute Gasteiger partial charge is 0.307 e. The summed E-state index contributed by atoms with van der Waals surface area (Å²) in [5.74, 6) is 0.540. The van der Waals surface area contributed by atoms with Crippen LogP contribution in [0.3, 0.4) is 0 Å². The third kappa shape index (κ3) is 7.11. The lowest BCUT2D eigenvalue weighted by atomic mass is 9.99. The number of ether oxygens (including phenoxy) is 2. The molecule has 0 aromatic heterocycles. The van der Waals surface area contributed by atoms with Gasteiger partial charge in [0.15, 0.2) is 8.32 Å². The van der Waals surface area contributed by atoms with E-state index in [-0.39, 0.29) is 29.6 Å². The van der Waals surface area contributed by atoms with E-state index in [9.17, 15) is 4.79 Å². The Morgan fingerprint density at radius 1 is 1.03 bits per heavy atom. The van der Waals surface area contributed by atoms with E-state index in [1.807, 2.05) is 49.4 Å². The molecule has 2 aromatic carbocycles. The van der Waals surface area contributed by atoms with Crippen molar-refractivity contribution in [1.29, 1.82) is 0 Å². The fraction of sp³-hybridized carbons (Fsp3) is 0.480. The fourth-order valence-electron chi connectivity index (χ4n) is 3.05. The van der Waals surface area contributed by atoms with E-state index in [0.29, 0.717) is 6.61 Å². The van der Waals surface area contributed by atoms with Gasteiger partial charge in [0.1, 0.15) is 5.75 Å². The monoisotopic (exact) mass is 443 g/mol. The van der Waals surface area contributed by atoms with Crippen LogP contribution in [0.25, 0.3) is 0 Å². The molecule has 1 N–H and O–H groups in total. The van der Waals surface area contributed by atoms with Crippen LogP contribution in [0.5, 0.6) is 5.75 Å². The predicted molar refractivity (Wildman–Crippen MR) is 129 cm³/mol. The van der Waals surface area contributed by atoms with Crippen molar-refractivity contribution in [1.82, 2.24) is 0 Å². The minimum absolute atomic E-state index is 0.0363. The number of rotatable bonds is 10. The molecule has 2 aromatic rings.